The first-order chi connectivity index (χ1) is 45.4. The number of benzene rings is 4. The molecule has 6 rings (SSSR count). The minimum absolute atomic E-state index is 0.00856. The predicted molar refractivity (Wildman–Crippen MR) is 354 cm³/mol. The third-order valence-corrected chi connectivity index (χ3v) is 15.4. The second-order valence-corrected chi connectivity index (χ2v) is 22.9. The number of ether oxygens (including phenoxy) is 8. The van der Waals surface area contributed by atoms with E-state index in [4.69, 9.17) is 43.6 Å². The minimum atomic E-state index is -0.982. The molecule has 9 amide bonds. The lowest BCUT2D eigenvalue weighted by atomic mass is 9.90. The van der Waals surface area contributed by atoms with Gasteiger partial charge >= 0.3 is 12.1 Å². The van der Waals surface area contributed by atoms with Crippen molar-refractivity contribution in [3.63, 3.8) is 0 Å². The number of anilines is 5. The SMILES string of the molecule is CCC(=O)N1c2ccccc2[C@H](N(C(=O)OCc2ccc(NC(=O)[C@H](C)NC(=O)[C@@H](NC(=O)CCOCCOCCOCCOCCOCCOCCN)C(C)C)cc2)c2ccc(NC(=O)CNC(=O)Nc3ccc(OCCN4CCN(C)C(=O)[C@H]4C)cc3)cc2)C[C@@H]1C. The largest absolute Gasteiger partial charge is 0.492 e. The van der Waals surface area contributed by atoms with Crippen LogP contribution in [0.25, 0.3) is 0 Å². The molecule has 2 heterocycles. The number of amides is 9. The summed E-state index contributed by atoms with van der Waals surface area (Å²) in [6.45, 7) is 17.8. The van der Waals surface area contributed by atoms with Gasteiger partial charge in [0, 0.05) is 80.5 Å². The number of carbonyl (C=O) groups excluding carboxylic acids is 8. The summed E-state index contributed by atoms with van der Waals surface area (Å²) in [5, 5.41) is 16.3. The summed E-state index contributed by atoms with van der Waals surface area (Å²) in [7, 11) is 1.80. The van der Waals surface area contributed by atoms with Crippen LogP contribution in [0.4, 0.5) is 38.0 Å². The van der Waals surface area contributed by atoms with Crippen LogP contribution in [-0.2, 0) is 68.5 Å². The van der Waals surface area contributed by atoms with Crippen LogP contribution in [-0.4, -0.2) is 207 Å². The summed E-state index contributed by atoms with van der Waals surface area (Å²) < 4.78 is 44.5. The summed E-state index contributed by atoms with van der Waals surface area (Å²) in [5.41, 5.74) is 9.12. The monoisotopic (exact) mass is 1310 g/mol. The number of nitrogens with two attached hydrogens (primary N) is 1. The van der Waals surface area contributed by atoms with Gasteiger partial charge in [0.25, 0.3) is 0 Å². The lowest BCUT2D eigenvalue weighted by molar-refractivity contribution is -0.139. The van der Waals surface area contributed by atoms with Crippen LogP contribution in [0.3, 0.4) is 0 Å². The molecule has 2 aliphatic heterocycles. The Morgan fingerprint density at radius 3 is 1.81 bits per heavy atom. The first-order valence-electron chi connectivity index (χ1n) is 32.1. The molecule has 0 saturated carbocycles. The molecule has 0 aromatic heterocycles. The number of rotatable bonds is 39. The molecule has 0 aliphatic carbocycles. The van der Waals surface area contributed by atoms with Gasteiger partial charge in [0.05, 0.1) is 97.9 Å². The van der Waals surface area contributed by atoms with E-state index in [0.717, 1.165) is 12.1 Å². The van der Waals surface area contributed by atoms with Gasteiger partial charge in [0.15, 0.2) is 0 Å². The van der Waals surface area contributed by atoms with Crippen LogP contribution >= 0.6 is 0 Å². The first-order valence-corrected chi connectivity index (χ1v) is 32.1. The molecule has 27 heteroatoms. The van der Waals surface area contributed by atoms with Gasteiger partial charge < -0.3 is 85.3 Å². The molecule has 0 unspecified atom stereocenters. The molecule has 5 atom stereocenters. The zero-order valence-corrected chi connectivity index (χ0v) is 55.2. The summed E-state index contributed by atoms with van der Waals surface area (Å²) >= 11 is 0. The average molecular weight is 1310 g/mol. The van der Waals surface area contributed by atoms with Gasteiger partial charge in [-0.15, -0.1) is 0 Å². The maximum absolute atomic E-state index is 14.5. The number of nitrogens with one attached hydrogen (secondary N) is 6. The van der Waals surface area contributed by atoms with Crippen molar-refractivity contribution in [3.05, 3.63) is 108 Å². The summed E-state index contributed by atoms with van der Waals surface area (Å²) in [6.07, 6.45) is -0.0169. The molecule has 4 aromatic rings. The summed E-state index contributed by atoms with van der Waals surface area (Å²) in [4.78, 5) is 113. The second kappa shape index (κ2) is 40.1. The van der Waals surface area contributed by atoms with Crippen molar-refractivity contribution in [2.24, 2.45) is 11.7 Å². The molecule has 2 aliphatic rings. The normalized spacial score (nSPS) is 16.1. The zero-order chi connectivity index (χ0) is 67.8. The molecule has 0 bridgehead atoms. The standard InChI is InChI=1S/C67H95N11O16/c1-8-61(81)77-47(4)43-58(56-11-9-10-12-57(56)77)78(54-21-17-51(18-22-54)71-60(80)44-69-66(85)73-53-19-23-55(24-20-53)93-32-29-76-28-27-75(7)65(84)49(76)6)67(86)94-45-50-13-15-52(16-14-50)72-63(82)48(5)70-64(83)62(46(2)3)74-59(79)25-30-87-33-35-89-37-39-91-41-42-92-40-38-90-36-34-88-31-26-68/h9-24,46-49,58,62H,8,25-45,68H2,1-7H3,(H,70,83)(H,71,80)(H,72,82)(H,74,79)(H2,69,73,85)/t47-,48-,49+,58+,62-/m0/s1. The highest BCUT2D eigenvalue weighted by atomic mass is 16.6. The fourth-order valence-corrected chi connectivity index (χ4v) is 10.3. The Balaban J connectivity index is 0.936. The van der Waals surface area contributed by atoms with Crippen LogP contribution in [0.15, 0.2) is 97.1 Å². The Morgan fingerprint density at radius 1 is 0.638 bits per heavy atom. The highest BCUT2D eigenvalue weighted by molar-refractivity contribution is 6.00. The van der Waals surface area contributed by atoms with Gasteiger partial charge in [-0.05, 0) is 111 Å². The Kier molecular flexibility index (Phi) is 31.9. The molecule has 8 N–H and O–H groups in total. The molecule has 94 heavy (non-hydrogen) atoms. The summed E-state index contributed by atoms with van der Waals surface area (Å²) in [6, 6.07) is 23.9. The average Bonchev–Trinajstić information content (AvgIpc) is 0.763. The number of carbonyl (C=O) groups is 8. The van der Waals surface area contributed by atoms with Gasteiger partial charge in [-0.3, -0.25) is 38.6 Å². The van der Waals surface area contributed by atoms with E-state index >= 15 is 0 Å². The van der Waals surface area contributed by atoms with Crippen LogP contribution in [0.5, 0.6) is 5.75 Å². The molecule has 27 nitrogen and oxygen atoms in total. The number of fused-ring (bicyclic) bond motifs is 1. The molecule has 1 fully saturated rings. The predicted octanol–water partition coefficient (Wildman–Crippen LogP) is 5.44. The minimum Gasteiger partial charge on any atom is -0.492 e. The molecule has 0 radical (unpaired) electrons. The van der Waals surface area contributed by atoms with E-state index in [1.165, 1.54) is 11.8 Å². The van der Waals surface area contributed by atoms with Gasteiger partial charge in [0.1, 0.15) is 31.0 Å². The van der Waals surface area contributed by atoms with Crippen LogP contribution in [0, 0.1) is 5.92 Å². The molecule has 514 valence electrons. The number of piperazine rings is 1. The van der Waals surface area contributed by atoms with E-state index < -0.39 is 53.9 Å². The Labute approximate surface area is 550 Å². The van der Waals surface area contributed by atoms with E-state index in [2.05, 4.69) is 36.8 Å². The number of nitrogens with zero attached hydrogens (tertiary/aromatic N) is 4. The third-order valence-electron chi connectivity index (χ3n) is 15.4. The maximum atomic E-state index is 14.5. The topological polar surface area (TPSA) is 322 Å². The van der Waals surface area contributed by atoms with E-state index in [1.807, 2.05) is 38.1 Å². The van der Waals surface area contributed by atoms with Gasteiger partial charge in [-0.25, -0.2) is 9.59 Å². The highest BCUT2D eigenvalue weighted by Gasteiger charge is 2.39. The molecule has 1 saturated heterocycles. The summed E-state index contributed by atoms with van der Waals surface area (Å²) in [5.74, 6) is -1.61. The van der Waals surface area contributed by atoms with Crippen molar-refractivity contribution in [1.82, 2.24) is 25.8 Å². The van der Waals surface area contributed by atoms with E-state index in [9.17, 15) is 38.4 Å². The zero-order valence-electron chi connectivity index (χ0n) is 55.2. The van der Waals surface area contributed by atoms with Crippen LogP contribution < -0.4 is 52.2 Å². The Hall–Kier alpha value is -8.28. The van der Waals surface area contributed by atoms with Crippen molar-refractivity contribution in [1.29, 1.82) is 0 Å². The molecular weight excluding hydrogens is 1210 g/mol. The third kappa shape index (κ3) is 24.6. The fraction of sp³-hybridized carbons (Fsp3) is 0.522. The quantitative estimate of drug-likeness (QED) is 0.0274. The van der Waals surface area contributed by atoms with Crippen molar-refractivity contribution in [2.75, 3.05) is 151 Å². The lowest BCUT2D eigenvalue weighted by Gasteiger charge is -2.43. The number of para-hydroxylation sites is 1. The Morgan fingerprint density at radius 2 is 1.20 bits per heavy atom. The van der Waals surface area contributed by atoms with Crippen molar-refractivity contribution in [3.8, 4) is 5.75 Å². The van der Waals surface area contributed by atoms with E-state index in [1.54, 1.807) is 110 Å². The van der Waals surface area contributed by atoms with E-state index in [0.29, 0.717) is 138 Å². The van der Waals surface area contributed by atoms with Crippen LogP contribution in [0.1, 0.15) is 78.0 Å². The smallest absolute Gasteiger partial charge is 0.415 e. The lowest BCUT2D eigenvalue weighted by Crippen LogP contribution is -2.55. The number of hydrogen-bond acceptors (Lipinski definition) is 18. The van der Waals surface area contributed by atoms with Crippen molar-refractivity contribution in [2.45, 2.75) is 97.6 Å². The van der Waals surface area contributed by atoms with Gasteiger partial charge in [-0.2, -0.15) is 0 Å². The fourth-order valence-electron chi connectivity index (χ4n) is 10.3. The number of urea groups is 1. The number of likely N-dealkylation sites (N-methyl/N-ethyl adjacent to an activating group) is 1. The maximum Gasteiger partial charge on any atom is 0.415 e. The van der Waals surface area contributed by atoms with Gasteiger partial charge in [0.2, 0.25) is 35.4 Å². The molecular formula is C67H95N11O16. The number of hydrogen-bond donors (Lipinski definition) is 7. The van der Waals surface area contributed by atoms with Crippen molar-refractivity contribution >= 4 is 76.0 Å². The van der Waals surface area contributed by atoms with Gasteiger partial charge in [-0.1, -0.05) is 51.1 Å². The first kappa shape index (κ1) is 74.8. The second-order valence-electron chi connectivity index (χ2n) is 22.9. The highest BCUT2D eigenvalue weighted by Crippen LogP contribution is 2.43. The molecule has 0 spiro atoms. The van der Waals surface area contributed by atoms with Crippen molar-refractivity contribution < 1.29 is 76.3 Å². The Bertz CT molecular complexity index is 3030. The van der Waals surface area contributed by atoms with E-state index in [-0.39, 0.29) is 69.0 Å². The van der Waals surface area contributed by atoms with Crippen LogP contribution in [0.2, 0.25) is 0 Å². The molecule has 4 aromatic carbocycles.